The van der Waals surface area contributed by atoms with E-state index in [1.165, 1.54) is 0 Å². The molecule has 1 rings (SSSR count). The van der Waals surface area contributed by atoms with Crippen molar-refractivity contribution in [2.75, 3.05) is 14.1 Å². The number of carbonyl (C=O) groups excluding carboxylic acids is 1. The van der Waals surface area contributed by atoms with E-state index in [9.17, 15) is 4.79 Å². The Kier molecular flexibility index (Phi) is 3.14. The molecule has 1 aliphatic carbocycles. The Morgan fingerprint density at radius 1 is 1.57 bits per heavy atom. The monoisotopic (exact) mass is 193 g/mol. The molecule has 0 N–H and O–H groups in total. The first-order valence-electron chi connectivity index (χ1n) is 5.02. The highest BCUT2D eigenvalue weighted by Gasteiger charge is 2.39. The quantitative estimate of drug-likeness (QED) is 0.506. The zero-order valence-corrected chi connectivity index (χ0v) is 9.34. The van der Waals surface area contributed by atoms with Crippen LogP contribution in [0.1, 0.15) is 26.2 Å². The normalized spacial score (nSPS) is 29.6. The molecule has 0 heterocycles. The van der Waals surface area contributed by atoms with Gasteiger partial charge in [0.15, 0.2) is 5.78 Å². The molecule has 2 nitrogen and oxygen atoms in total. The number of allylic oxidation sites excluding steroid dienone is 2. The number of rotatable bonds is 3. The van der Waals surface area contributed by atoms with Gasteiger partial charge in [-0.15, -0.1) is 6.58 Å². The molecule has 0 saturated heterocycles. The summed E-state index contributed by atoms with van der Waals surface area (Å²) in [4.78, 5) is 13.9. The standard InChI is InChI=1S/C12H19NO/c1-5-7-12(2)8-6-10(11(12)14)9-13(3)4/h5,9H,1,6-8H2,2-4H3/b10-9+. The van der Waals surface area contributed by atoms with E-state index in [2.05, 4.69) is 6.58 Å². The fourth-order valence-electron chi connectivity index (χ4n) is 1.97. The molecule has 78 valence electrons. The van der Waals surface area contributed by atoms with Gasteiger partial charge in [0.2, 0.25) is 0 Å². The van der Waals surface area contributed by atoms with Gasteiger partial charge in [0.1, 0.15) is 0 Å². The Morgan fingerprint density at radius 3 is 2.71 bits per heavy atom. The van der Waals surface area contributed by atoms with E-state index in [4.69, 9.17) is 0 Å². The lowest BCUT2D eigenvalue weighted by Crippen LogP contribution is -2.21. The first kappa shape index (κ1) is 11.0. The lowest BCUT2D eigenvalue weighted by atomic mass is 9.84. The van der Waals surface area contributed by atoms with E-state index in [-0.39, 0.29) is 5.41 Å². The van der Waals surface area contributed by atoms with Crippen LogP contribution < -0.4 is 0 Å². The first-order valence-corrected chi connectivity index (χ1v) is 5.02. The van der Waals surface area contributed by atoms with Gasteiger partial charge in [0.25, 0.3) is 0 Å². The maximum absolute atomic E-state index is 12.0. The van der Waals surface area contributed by atoms with Crippen molar-refractivity contribution in [2.45, 2.75) is 26.2 Å². The maximum atomic E-state index is 12.0. The zero-order valence-electron chi connectivity index (χ0n) is 9.34. The van der Waals surface area contributed by atoms with Gasteiger partial charge < -0.3 is 4.90 Å². The van der Waals surface area contributed by atoms with Crippen LogP contribution in [0.2, 0.25) is 0 Å². The van der Waals surface area contributed by atoms with Crippen molar-refractivity contribution in [1.82, 2.24) is 4.90 Å². The molecule has 0 aromatic heterocycles. The molecule has 1 fully saturated rings. The van der Waals surface area contributed by atoms with Crippen LogP contribution in [0.4, 0.5) is 0 Å². The molecule has 0 radical (unpaired) electrons. The molecular weight excluding hydrogens is 174 g/mol. The minimum atomic E-state index is -0.191. The highest BCUT2D eigenvalue weighted by Crippen LogP contribution is 2.40. The third-order valence-corrected chi connectivity index (χ3v) is 2.79. The van der Waals surface area contributed by atoms with Crippen molar-refractivity contribution in [2.24, 2.45) is 5.41 Å². The van der Waals surface area contributed by atoms with Gasteiger partial charge in [0, 0.05) is 31.3 Å². The Labute approximate surface area is 86.3 Å². The topological polar surface area (TPSA) is 20.3 Å². The maximum Gasteiger partial charge on any atom is 0.166 e. The van der Waals surface area contributed by atoms with E-state index >= 15 is 0 Å². The molecule has 1 unspecified atom stereocenters. The molecule has 0 aliphatic heterocycles. The third kappa shape index (κ3) is 2.06. The molecule has 0 aromatic rings. The summed E-state index contributed by atoms with van der Waals surface area (Å²) < 4.78 is 0. The highest BCUT2D eigenvalue weighted by atomic mass is 16.1. The summed E-state index contributed by atoms with van der Waals surface area (Å²) in [5, 5.41) is 0. The summed E-state index contributed by atoms with van der Waals surface area (Å²) in [6.45, 7) is 5.74. The molecule has 2 heteroatoms. The Balaban J connectivity index is 2.83. The zero-order chi connectivity index (χ0) is 10.8. The van der Waals surface area contributed by atoms with Gasteiger partial charge in [-0.25, -0.2) is 0 Å². The van der Waals surface area contributed by atoms with Crippen molar-refractivity contribution in [3.05, 3.63) is 24.4 Å². The minimum Gasteiger partial charge on any atom is -0.383 e. The van der Waals surface area contributed by atoms with Crippen LogP contribution in [0.25, 0.3) is 0 Å². The average Bonchev–Trinajstić information content (AvgIpc) is 2.33. The van der Waals surface area contributed by atoms with Crippen LogP contribution in [-0.2, 0) is 4.79 Å². The lowest BCUT2D eigenvalue weighted by Gasteiger charge is -2.18. The van der Waals surface area contributed by atoms with Crippen LogP contribution in [0.3, 0.4) is 0 Å². The van der Waals surface area contributed by atoms with Gasteiger partial charge >= 0.3 is 0 Å². The van der Waals surface area contributed by atoms with Crippen LogP contribution in [0.5, 0.6) is 0 Å². The van der Waals surface area contributed by atoms with Crippen molar-refractivity contribution in [3.63, 3.8) is 0 Å². The second-order valence-corrected chi connectivity index (χ2v) is 4.50. The number of Topliss-reactive ketones (excluding diaryl/α,β-unsaturated/α-hetero) is 1. The molecule has 1 aliphatic rings. The van der Waals surface area contributed by atoms with Crippen LogP contribution in [-0.4, -0.2) is 24.8 Å². The molecule has 0 spiro atoms. The molecule has 0 bridgehead atoms. The molecule has 14 heavy (non-hydrogen) atoms. The number of hydrogen-bond acceptors (Lipinski definition) is 2. The Hall–Kier alpha value is -1.05. The van der Waals surface area contributed by atoms with Gasteiger partial charge in [-0.3, -0.25) is 4.79 Å². The SMILES string of the molecule is C=CCC1(C)CC/C(=C\N(C)C)C1=O. The molecule has 0 aromatic carbocycles. The van der Waals surface area contributed by atoms with Gasteiger partial charge in [0.05, 0.1) is 0 Å². The largest absolute Gasteiger partial charge is 0.383 e. The fourth-order valence-corrected chi connectivity index (χ4v) is 1.97. The van der Waals surface area contributed by atoms with Crippen molar-refractivity contribution < 1.29 is 4.79 Å². The fraction of sp³-hybridized carbons (Fsp3) is 0.583. The van der Waals surface area contributed by atoms with Crippen molar-refractivity contribution in [1.29, 1.82) is 0 Å². The Morgan fingerprint density at radius 2 is 2.21 bits per heavy atom. The number of ketones is 1. The summed E-state index contributed by atoms with van der Waals surface area (Å²) in [6, 6.07) is 0. The smallest absolute Gasteiger partial charge is 0.166 e. The summed E-state index contributed by atoms with van der Waals surface area (Å²) in [7, 11) is 3.90. The van der Waals surface area contributed by atoms with E-state index in [0.29, 0.717) is 5.78 Å². The second-order valence-electron chi connectivity index (χ2n) is 4.50. The van der Waals surface area contributed by atoms with Crippen LogP contribution in [0.15, 0.2) is 24.4 Å². The molecule has 1 atom stereocenters. The number of nitrogens with zero attached hydrogens (tertiary/aromatic N) is 1. The van der Waals surface area contributed by atoms with E-state index in [0.717, 1.165) is 24.8 Å². The predicted octanol–water partition coefficient (Wildman–Crippen LogP) is 2.38. The van der Waals surface area contributed by atoms with Crippen molar-refractivity contribution >= 4 is 5.78 Å². The summed E-state index contributed by atoms with van der Waals surface area (Å²) >= 11 is 0. The van der Waals surface area contributed by atoms with Crippen LogP contribution >= 0.6 is 0 Å². The highest BCUT2D eigenvalue weighted by molar-refractivity contribution is 6.01. The summed E-state index contributed by atoms with van der Waals surface area (Å²) in [5.74, 6) is 0.297. The summed E-state index contributed by atoms with van der Waals surface area (Å²) in [6.07, 6.45) is 6.43. The van der Waals surface area contributed by atoms with E-state index in [1.54, 1.807) is 0 Å². The molecule has 1 saturated carbocycles. The molecule has 0 amide bonds. The van der Waals surface area contributed by atoms with Crippen molar-refractivity contribution in [3.8, 4) is 0 Å². The average molecular weight is 193 g/mol. The number of hydrogen-bond donors (Lipinski definition) is 0. The number of carbonyl (C=O) groups is 1. The van der Waals surface area contributed by atoms with E-state index < -0.39 is 0 Å². The van der Waals surface area contributed by atoms with Gasteiger partial charge in [-0.1, -0.05) is 13.0 Å². The first-order chi connectivity index (χ1) is 6.49. The van der Waals surface area contributed by atoms with Gasteiger partial charge in [-0.05, 0) is 19.3 Å². The minimum absolute atomic E-state index is 0.191. The summed E-state index contributed by atoms with van der Waals surface area (Å²) in [5.41, 5.74) is 0.767. The second kappa shape index (κ2) is 3.99. The predicted molar refractivity (Wildman–Crippen MR) is 58.9 cm³/mol. The van der Waals surface area contributed by atoms with E-state index in [1.807, 2.05) is 38.2 Å². The third-order valence-electron chi connectivity index (χ3n) is 2.79. The molecular formula is C12H19NO. The van der Waals surface area contributed by atoms with Crippen LogP contribution in [0, 0.1) is 5.41 Å². The van der Waals surface area contributed by atoms with Gasteiger partial charge in [-0.2, -0.15) is 0 Å². The lowest BCUT2D eigenvalue weighted by molar-refractivity contribution is -0.122. The Bertz CT molecular complexity index is 278.